The number of rotatable bonds is 6. The lowest BCUT2D eigenvalue weighted by Crippen LogP contribution is -2.53. The standard InChI is InChI=1S/C14H26N2O3S/c1-5-8-12-16(11(9-20-12)13(17)18)14(19)15(7-3)10(4)6-2/h10-12H,5-9H2,1-4H3,(H,17,18). The minimum atomic E-state index is -0.898. The molecule has 6 heteroatoms. The van der Waals surface area contributed by atoms with E-state index >= 15 is 0 Å². The summed E-state index contributed by atoms with van der Waals surface area (Å²) in [6.45, 7) is 8.66. The van der Waals surface area contributed by atoms with Crippen molar-refractivity contribution in [2.75, 3.05) is 12.3 Å². The molecule has 0 aliphatic carbocycles. The van der Waals surface area contributed by atoms with Crippen LogP contribution in [0.5, 0.6) is 0 Å². The van der Waals surface area contributed by atoms with Crippen molar-refractivity contribution < 1.29 is 14.7 Å². The Morgan fingerprint density at radius 1 is 1.40 bits per heavy atom. The monoisotopic (exact) mass is 302 g/mol. The molecule has 1 fully saturated rings. The first-order valence-corrected chi connectivity index (χ1v) is 8.46. The van der Waals surface area contributed by atoms with E-state index in [4.69, 9.17) is 0 Å². The van der Waals surface area contributed by atoms with Gasteiger partial charge in [-0.05, 0) is 26.7 Å². The fourth-order valence-corrected chi connectivity index (χ4v) is 3.99. The van der Waals surface area contributed by atoms with Gasteiger partial charge in [-0.15, -0.1) is 11.8 Å². The lowest BCUT2D eigenvalue weighted by atomic mass is 10.2. The smallest absolute Gasteiger partial charge is 0.327 e. The Hall–Kier alpha value is -0.910. The molecule has 3 atom stereocenters. The number of carbonyl (C=O) groups is 2. The van der Waals surface area contributed by atoms with E-state index in [1.54, 1.807) is 21.6 Å². The molecule has 0 aromatic carbocycles. The minimum absolute atomic E-state index is 0.00768. The predicted molar refractivity (Wildman–Crippen MR) is 81.9 cm³/mol. The van der Waals surface area contributed by atoms with Crippen molar-refractivity contribution in [3.63, 3.8) is 0 Å². The third-order valence-corrected chi connectivity index (χ3v) is 5.20. The van der Waals surface area contributed by atoms with Crippen molar-refractivity contribution in [2.24, 2.45) is 0 Å². The largest absolute Gasteiger partial charge is 0.480 e. The van der Waals surface area contributed by atoms with Crippen molar-refractivity contribution in [3.05, 3.63) is 0 Å². The molecule has 1 heterocycles. The molecule has 0 radical (unpaired) electrons. The molecule has 5 nitrogen and oxygen atoms in total. The number of aliphatic carboxylic acids is 1. The van der Waals surface area contributed by atoms with Crippen LogP contribution in [0.4, 0.5) is 4.79 Å². The number of urea groups is 1. The maximum atomic E-state index is 12.8. The fourth-order valence-electron chi connectivity index (χ4n) is 2.48. The molecule has 0 bridgehead atoms. The highest BCUT2D eigenvalue weighted by molar-refractivity contribution is 8.00. The van der Waals surface area contributed by atoms with Gasteiger partial charge < -0.3 is 10.0 Å². The van der Waals surface area contributed by atoms with Gasteiger partial charge in [0.25, 0.3) is 0 Å². The van der Waals surface area contributed by atoms with Gasteiger partial charge in [-0.3, -0.25) is 4.90 Å². The summed E-state index contributed by atoms with van der Waals surface area (Å²) in [7, 11) is 0. The Balaban J connectivity index is 2.95. The van der Waals surface area contributed by atoms with Gasteiger partial charge in [0.15, 0.2) is 0 Å². The summed E-state index contributed by atoms with van der Waals surface area (Å²) in [5.74, 6) is -0.409. The molecule has 0 aromatic heterocycles. The molecule has 1 N–H and O–H groups in total. The molecule has 0 spiro atoms. The molecular weight excluding hydrogens is 276 g/mol. The summed E-state index contributed by atoms with van der Waals surface area (Å²) >= 11 is 1.58. The second kappa shape index (κ2) is 7.76. The van der Waals surface area contributed by atoms with Crippen molar-refractivity contribution in [1.29, 1.82) is 0 Å². The zero-order chi connectivity index (χ0) is 15.3. The van der Waals surface area contributed by atoms with Crippen LogP contribution in [-0.4, -0.2) is 56.7 Å². The van der Waals surface area contributed by atoms with Crippen LogP contribution in [0.15, 0.2) is 0 Å². The highest BCUT2D eigenvalue weighted by Gasteiger charge is 2.43. The number of hydrogen-bond donors (Lipinski definition) is 1. The highest BCUT2D eigenvalue weighted by Crippen LogP contribution is 2.33. The maximum Gasteiger partial charge on any atom is 0.327 e. The van der Waals surface area contributed by atoms with Gasteiger partial charge in [0.1, 0.15) is 6.04 Å². The van der Waals surface area contributed by atoms with E-state index in [2.05, 4.69) is 6.92 Å². The van der Waals surface area contributed by atoms with Crippen LogP contribution in [0.1, 0.15) is 47.0 Å². The summed E-state index contributed by atoms with van der Waals surface area (Å²) in [6, 6.07) is -0.685. The van der Waals surface area contributed by atoms with Gasteiger partial charge in [0, 0.05) is 18.3 Å². The zero-order valence-corrected chi connectivity index (χ0v) is 13.7. The first-order valence-electron chi connectivity index (χ1n) is 7.41. The Kier molecular flexibility index (Phi) is 6.65. The molecule has 0 saturated carbocycles. The number of nitrogens with zero attached hydrogens (tertiary/aromatic N) is 2. The summed E-state index contributed by atoms with van der Waals surface area (Å²) in [5.41, 5.74) is 0. The molecule has 1 aliphatic rings. The van der Waals surface area contributed by atoms with Crippen LogP contribution in [0.25, 0.3) is 0 Å². The van der Waals surface area contributed by atoms with Crippen LogP contribution in [0.2, 0.25) is 0 Å². The van der Waals surface area contributed by atoms with E-state index in [0.29, 0.717) is 12.3 Å². The molecule has 0 aromatic rings. The summed E-state index contributed by atoms with van der Waals surface area (Å²) in [5, 5.41) is 9.34. The molecule has 1 aliphatic heterocycles. The molecule has 2 amide bonds. The molecule has 1 saturated heterocycles. The van der Waals surface area contributed by atoms with Crippen molar-refractivity contribution >= 4 is 23.8 Å². The van der Waals surface area contributed by atoms with E-state index in [1.807, 2.05) is 20.8 Å². The minimum Gasteiger partial charge on any atom is -0.480 e. The lowest BCUT2D eigenvalue weighted by Gasteiger charge is -2.35. The van der Waals surface area contributed by atoms with Gasteiger partial charge >= 0.3 is 12.0 Å². The molecule has 3 unspecified atom stereocenters. The number of carboxylic acids is 1. The number of carboxylic acid groups (broad SMARTS) is 1. The Bertz CT molecular complexity index is 351. The Labute approximate surface area is 125 Å². The summed E-state index contributed by atoms with van der Waals surface area (Å²) in [6.07, 6.45) is 2.66. The third kappa shape index (κ3) is 3.59. The van der Waals surface area contributed by atoms with Crippen LogP contribution in [0, 0.1) is 0 Å². The van der Waals surface area contributed by atoms with Gasteiger partial charge in [-0.1, -0.05) is 20.3 Å². The molecular formula is C14H26N2O3S. The van der Waals surface area contributed by atoms with Gasteiger partial charge in [-0.2, -0.15) is 0 Å². The summed E-state index contributed by atoms with van der Waals surface area (Å²) < 4.78 is 0. The molecule has 20 heavy (non-hydrogen) atoms. The third-order valence-electron chi connectivity index (χ3n) is 3.84. The van der Waals surface area contributed by atoms with Crippen LogP contribution in [-0.2, 0) is 4.79 Å². The van der Waals surface area contributed by atoms with E-state index < -0.39 is 12.0 Å². The van der Waals surface area contributed by atoms with Crippen molar-refractivity contribution in [1.82, 2.24) is 9.80 Å². The van der Waals surface area contributed by atoms with Gasteiger partial charge in [-0.25, -0.2) is 9.59 Å². The van der Waals surface area contributed by atoms with Gasteiger partial charge in [0.2, 0.25) is 0 Å². The van der Waals surface area contributed by atoms with Crippen LogP contribution < -0.4 is 0 Å². The quantitative estimate of drug-likeness (QED) is 0.819. The fraction of sp³-hybridized carbons (Fsp3) is 0.857. The Morgan fingerprint density at radius 2 is 2.05 bits per heavy atom. The molecule has 1 rings (SSSR count). The second-order valence-electron chi connectivity index (χ2n) is 5.16. The topological polar surface area (TPSA) is 60.9 Å². The Morgan fingerprint density at radius 3 is 2.50 bits per heavy atom. The van der Waals surface area contributed by atoms with Crippen molar-refractivity contribution in [3.8, 4) is 0 Å². The van der Waals surface area contributed by atoms with Crippen molar-refractivity contribution in [2.45, 2.75) is 64.4 Å². The predicted octanol–water partition coefficient (Wildman–Crippen LogP) is 2.86. The summed E-state index contributed by atoms with van der Waals surface area (Å²) in [4.78, 5) is 27.5. The zero-order valence-electron chi connectivity index (χ0n) is 12.8. The number of carbonyl (C=O) groups excluding carboxylic acids is 1. The first kappa shape index (κ1) is 17.1. The normalized spacial score (nSPS) is 23.7. The average molecular weight is 302 g/mol. The lowest BCUT2D eigenvalue weighted by molar-refractivity contribution is -0.141. The van der Waals surface area contributed by atoms with E-state index in [-0.39, 0.29) is 17.4 Å². The number of thioether (sulfide) groups is 1. The van der Waals surface area contributed by atoms with Gasteiger partial charge in [0.05, 0.1) is 5.37 Å². The van der Waals surface area contributed by atoms with Crippen LogP contribution >= 0.6 is 11.8 Å². The number of amides is 2. The second-order valence-corrected chi connectivity index (χ2v) is 6.37. The number of hydrogen-bond acceptors (Lipinski definition) is 3. The SMILES string of the molecule is CCCC1SCC(C(=O)O)N1C(=O)N(CC)C(C)CC. The average Bonchev–Trinajstić information content (AvgIpc) is 2.83. The van der Waals surface area contributed by atoms with E-state index in [9.17, 15) is 14.7 Å². The van der Waals surface area contributed by atoms with Crippen LogP contribution in [0.3, 0.4) is 0 Å². The van der Waals surface area contributed by atoms with E-state index in [0.717, 1.165) is 19.3 Å². The highest BCUT2D eigenvalue weighted by atomic mass is 32.2. The maximum absolute atomic E-state index is 12.8. The first-order chi connectivity index (χ1) is 9.47. The molecule has 116 valence electrons. The van der Waals surface area contributed by atoms with E-state index in [1.165, 1.54) is 0 Å².